The molecule has 0 aromatic heterocycles. The first-order chi connectivity index (χ1) is 13.0. The molecular formula is C19H21N3O4S. The number of nitrogens with one attached hydrogen (secondary N) is 1. The average Bonchev–Trinajstić information content (AvgIpc) is 3.17. The van der Waals surface area contributed by atoms with E-state index in [1.54, 1.807) is 26.4 Å². The standard InChI is InChI=1S/C19H21N3O4S/c1-25-15-9-10-18(26-2)16(12-15)17-4-3-11-21(17)19(27)20-13-5-7-14(8-6-13)22(23)24/h5-10,12,17H,3-4,11H2,1-2H3,(H,20,27)/t17-/m0/s1. The fourth-order valence-electron chi connectivity index (χ4n) is 3.29. The van der Waals surface area contributed by atoms with Gasteiger partial charge in [-0.05, 0) is 55.4 Å². The number of benzene rings is 2. The molecule has 1 atom stereocenters. The SMILES string of the molecule is COc1ccc(OC)c([C@@H]2CCCN2C(=S)Nc2ccc([N+](=O)[O-])cc2)c1. The second-order valence-electron chi connectivity index (χ2n) is 6.19. The van der Waals surface area contributed by atoms with Gasteiger partial charge in [0.05, 0.1) is 25.2 Å². The second-order valence-corrected chi connectivity index (χ2v) is 6.58. The largest absolute Gasteiger partial charge is 0.497 e. The van der Waals surface area contributed by atoms with E-state index in [2.05, 4.69) is 10.2 Å². The van der Waals surface area contributed by atoms with Crippen LogP contribution >= 0.6 is 12.2 Å². The van der Waals surface area contributed by atoms with Gasteiger partial charge in [0.25, 0.3) is 5.69 Å². The molecule has 2 aromatic carbocycles. The summed E-state index contributed by atoms with van der Waals surface area (Å²) in [7, 11) is 3.29. The Morgan fingerprint density at radius 3 is 2.59 bits per heavy atom. The van der Waals surface area contributed by atoms with E-state index in [-0.39, 0.29) is 11.7 Å². The van der Waals surface area contributed by atoms with Crippen LogP contribution in [0.5, 0.6) is 11.5 Å². The van der Waals surface area contributed by atoms with Crippen molar-refractivity contribution in [2.75, 3.05) is 26.1 Å². The van der Waals surface area contributed by atoms with Gasteiger partial charge in [0, 0.05) is 29.9 Å². The monoisotopic (exact) mass is 387 g/mol. The van der Waals surface area contributed by atoms with Gasteiger partial charge in [0.2, 0.25) is 0 Å². The van der Waals surface area contributed by atoms with Crippen LogP contribution in [-0.2, 0) is 0 Å². The normalized spacial score (nSPS) is 16.1. The maximum atomic E-state index is 10.8. The number of rotatable bonds is 5. The number of methoxy groups -OCH3 is 2. The van der Waals surface area contributed by atoms with Crippen LogP contribution in [0.4, 0.5) is 11.4 Å². The number of nitro groups is 1. The number of anilines is 1. The number of hydrogen-bond donors (Lipinski definition) is 1. The van der Waals surface area contributed by atoms with Crippen molar-refractivity contribution in [1.82, 2.24) is 4.90 Å². The summed E-state index contributed by atoms with van der Waals surface area (Å²) >= 11 is 5.61. The highest BCUT2D eigenvalue weighted by Crippen LogP contribution is 2.39. The van der Waals surface area contributed by atoms with E-state index >= 15 is 0 Å². The Balaban J connectivity index is 1.79. The van der Waals surface area contributed by atoms with Crippen molar-refractivity contribution in [3.8, 4) is 11.5 Å². The molecule has 7 nitrogen and oxygen atoms in total. The van der Waals surface area contributed by atoms with Crippen LogP contribution in [0.15, 0.2) is 42.5 Å². The predicted octanol–water partition coefficient (Wildman–Crippen LogP) is 4.15. The van der Waals surface area contributed by atoms with E-state index in [1.807, 2.05) is 18.2 Å². The highest BCUT2D eigenvalue weighted by molar-refractivity contribution is 7.80. The molecule has 0 radical (unpaired) electrons. The number of non-ortho nitro benzene ring substituents is 1. The Hall–Kier alpha value is -2.87. The van der Waals surface area contributed by atoms with Crippen LogP contribution in [-0.4, -0.2) is 35.7 Å². The molecular weight excluding hydrogens is 366 g/mol. The van der Waals surface area contributed by atoms with Crippen LogP contribution < -0.4 is 14.8 Å². The van der Waals surface area contributed by atoms with Crippen LogP contribution in [0.1, 0.15) is 24.4 Å². The lowest BCUT2D eigenvalue weighted by Crippen LogP contribution is -2.34. The molecule has 1 aliphatic rings. The van der Waals surface area contributed by atoms with Gasteiger partial charge in [0.1, 0.15) is 11.5 Å². The molecule has 1 fully saturated rings. The quantitative estimate of drug-likeness (QED) is 0.469. The zero-order chi connectivity index (χ0) is 19.4. The fourth-order valence-corrected chi connectivity index (χ4v) is 3.63. The van der Waals surface area contributed by atoms with Crippen LogP contribution in [0.2, 0.25) is 0 Å². The van der Waals surface area contributed by atoms with E-state index in [4.69, 9.17) is 21.7 Å². The van der Waals surface area contributed by atoms with Gasteiger partial charge in [-0.3, -0.25) is 10.1 Å². The molecule has 1 saturated heterocycles. The van der Waals surface area contributed by atoms with Crippen molar-refractivity contribution >= 4 is 28.7 Å². The summed E-state index contributed by atoms with van der Waals surface area (Å²) in [5.41, 5.74) is 1.79. The summed E-state index contributed by atoms with van der Waals surface area (Å²) < 4.78 is 10.9. The van der Waals surface area contributed by atoms with Gasteiger partial charge >= 0.3 is 0 Å². The van der Waals surface area contributed by atoms with E-state index < -0.39 is 4.92 Å². The van der Waals surface area contributed by atoms with Gasteiger partial charge in [-0.25, -0.2) is 0 Å². The lowest BCUT2D eigenvalue weighted by Gasteiger charge is -2.29. The molecule has 2 aromatic rings. The molecule has 27 heavy (non-hydrogen) atoms. The molecule has 1 heterocycles. The number of nitrogens with zero attached hydrogens (tertiary/aromatic N) is 2. The van der Waals surface area contributed by atoms with E-state index in [0.717, 1.165) is 36.4 Å². The first kappa shape index (κ1) is 18.9. The van der Waals surface area contributed by atoms with Gasteiger partial charge in [-0.15, -0.1) is 0 Å². The van der Waals surface area contributed by atoms with Crippen molar-refractivity contribution < 1.29 is 14.4 Å². The van der Waals surface area contributed by atoms with Crippen molar-refractivity contribution in [3.05, 3.63) is 58.1 Å². The van der Waals surface area contributed by atoms with Gasteiger partial charge in [-0.1, -0.05) is 0 Å². The topological polar surface area (TPSA) is 76.9 Å². The van der Waals surface area contributed by atoms with Crippen LogP contribution in [0.3, 0.4) is 0 Å². The van der Waals surface area contributed by atoms with Crippen molar-refractivity contribution in [3.63, 3.8) is 0 Å². The maximum absolute atomic E-state index is 10.8. The third kappa shape index (κ3) is 4.11. The molecule has 0 unspecified atom stereocenters. The molecule has 0 saturated carbocycles. The second kappa shape index (κ2) is 8.22. The summed E-state index contributed by atoms with van der Waals surface area (Å²) in [5, 5.41) is 14.5. The van der Waals surface area contributed by atoms with Gasteiger partial charge < -0.3 is 19.7 Å². The number of hydrogen-bond acceptors (Lipinski definition) is 5. The summed E-state index contributed by atoms with van der Waals surface area (Å²) in [4.78, 5) is 12.5. The lowest BCUT2D eigenvalue weighted by atomic mass is 10.0. The Morgan fingerprint density at radius 1 is 1.22 bits per heavy atom. The first-order valence-corrected chi connectivity index (χ1v) is 8.98. The summed E-state index contributed by atoms with van der Waals surface area (Å²) in [6, 6.07) is 12.1. The Bertz CT molecular complexity index is 841. The maximum Gasteiger partial charge on any atom is 0.269 e. The van der Waals surface area contributed by atoms with Gasteiger partial charge in [0.15, 0.2) is 5.11 Å². The Morgan fingerprint density at radius 2 is 1.96 bits per heavy atom. The number of thiocarbonyl (C=S) groups is 1. The highest BCUT2D eigenvalue weighted by atomic mass is 32.1. The zero-order valence-corrected chi connectivity index (χ0v) is 16.0. The Kier molecular flexibility index (Phi) is 5.75. The predicted molar refractivity (Wildman–Crippen MR) is 108 cm³/mol. The Labute approximate surface area is 163 Å². The highest BCUT2D eigenvalue weighted by Gasteiger charge is 2.30. The molecule has 0 spiro atoms. The summed E-state index contributed by atoms with van der Waals surface area (Å²) in [6.07, 6.45) is 1.96. The van der Waals surface area contributed by atoms with Crippen LogP contribution in [0.25, 0.3) is 0 Å². The molecule has 0 amide bonds. The molecule has 0 bridgehead atoms. The van der Waals surface area contributed by atoms with Crippen molar-refractivity contribution in [1.29, 1.82) is 0 Å². The molecule has 3 rings (SSSR count). The van der Waals surface area contributed by atoms with Gasteiger partial charge in [-0.2, -0.15) is 0 Å². The fraction of sp³-hybridized carbons (Fsp3) is 0.316. The minimum absolute atomic E-state index is 0.0478. The number of likely N-dealkylation sites (tertiary alicyclic amines) is 1. The van der Waals surface area contributed by atoms with Crippen LogP contribution in [0, 0.1) is 10.1 Å². The zero-order valence-electron chi connectivity index (χ0n) is 15.2. The molecule has 1 N–H and O–H groups in total. The van der Waals surface area contributed by atoms with E-state index in [9.17, 15) is 10.1 Å². The smallest absolute Gasteiger partial charge is 0.269 e. The van der Waals surface area contributed by atoms with E-state index in [0.29, 0.717) is 10.8 Å². The minimum atomic E-state index is -0.423. The molecule has 1 aliphatic heterocycles. The number of nitro benzene ring substituents is 1. The summed E-state index contributed by atoms with van der Waals surface area (Å²) in [5.74, 6) is 1.57. The number of ether oxygens (including phenoxy) is 2. The minimum Gasteiger partial charge on any atom is -0.497 e. The first-order valence-electron chi connectivity index (χ1n) is 8.57. The molecule has 0 aliphatic carbocycles. The molecule has 142 valence electrons. The third-order valence-electron chi connectivity index (χ3n) is 4.64. The lowest BCUT2D eigenvalue weighted by molar-refractivity contribution is -0.384. The van der Waals surface area contributed by atoms with Crippen molar-refractivity contribution in [2.45, 2.75) is 18.9 Å². The average molecular weight is 387 g/mol. The van der Waals surface area contributed by atoms with Crippen molar-refractivity contribution in [2.24, 2.45) is 0 Å². The van der Waals surface area contributed by atoms with E-state index in [1.165, 1.54) is 12.1 Å². The molecule has 8 heteroatoms. The third-order valence-corrected chi connectivity index (χ3v) is 4.98. The summed E-state index contributed by atoms with van der Waals surface area (Å²) in [6.45, 7) is 0.823.